The minimum atomic E-state index is -0.714. The summed E-state index contributed by atoms with van der Waals surface area (Å²) >= 11 is 0. The number of amides is 1. The Bertz CT molecular complexity index is 1600. The summed E-state index contributed by atoms with van der Waals surface area (Å²) in [4.78, 5) is 20.2. The molecule has 1 aliphatic heterocycles. The molecule has 1 fully saturated rings. The van der Waals surface area contributed by atoms with Crippen LogP contribution in [-0.2, 0) is 16.0 Å². The highest BCUT2D eigenvalue weighted by Gasteiger charge is 2.32. The molecule has 9 heteroatoms. The molecule has 0 saturated carbocycles. The lowest BCUT2D eigenvalue weighted by molar-refractivity contribution is -0.127. The number of para-hydroxylation sites is 1. The average Bonchev–Trinajstić information content (AvgIpc) is 3.58. The van der Waals surface area contributed by atoms with E-state index < -0.39 is 5.60 Å². The van der Waals surface area contributed by atoms with Gasteiger partial charge in [-0.25, -0.2) is 0 Å². The van der Waals surface area contributed by atoms with E-state index in [-0.39, 0.29) is 17.5 Å². The zero-order chi connectivity index (χ0) is 29.0. The Balaban J connectivity index is 1.41. The average molecular weight is 551 g/mol. The van der Waals surface area contributed by atoms with Crippen LogP contribution in [0.3, 0.4) is 0 Å². The normalized spacial score (nSPS) is 15.7. The maximum atomic E-state index is 13.4. The number of nitrogens with two attached hydrogens (primary N) is 1. The number of hydrogen-bond acceptors (Lipinski definition) is 7. The summed E-state index contributed by atoms with van der Waals surface area (Å²) in [7, 11) is 0. The van der Waals surface area contributed by atoms with Gasteiger partial charge in [0.25, 0.3) is 5.91 Å². The van der Waals surface area contributed by atoms with Crippen LogP contribution in [0.2, 0.25) is 0 Å². The summed E-state index contributed by atoms with van der Waals surface area (Å²) in [5, 5.41) is 17.8. The van der Waals surface area contributed by atoms with Gasteiger partial charge in [-0.05, 0) is 82.2 Å². The molecule has 1 atom stereocenters. The molecule has 210 valence electrons. The highest BCUT2D eigenvalue weighted by molar-refractivity contribution is 6.00. The molecule has 1 saturated heterocycles. The molecular weight excluding hydrogens is 516 g/mol. The Kier molecular flexibility index (Phi) is 8.04. The molecular formula is C32H34N6O3. The summed E-state index contributed by atoms with van der Waals surface area (Å²) in [5.74, 6) is 1.57. The van der Waals surface area contributed by atoms with Crippen molar-refractivity contribution in [1.82, 2.24) is 20.1 Å². The van der Waals surface area contributed by atoms with Gasteiger partial charge in [0.2, 0.25) is 0 Å². The van der Waals surface area contributed by atoms with Gasteiger partial charge in [0.05, 0.1) is 22.2 Å². The van der Waals surface area contributed by atoms with Gasteiger partial charge in [0, 0.05) is 36.9 Å². The number of nitrogens with one attached hydrogen (secondary N) is 1. The van der Waals surface area contributed by atoms with Crippen molar-refractivity contribution in [2.75, 3.05) is 18.9 Å². The molecule has 3 N–H and O–H groups in total. The van der Waals surface area contributed by atoms with E-state index in [1.54, 1.807) is 11.0 Å². The van der Waals surface area contributed by atoms with Gasteiger partial charge >= 0.3 is 0 Å². The number of anilines is 1. The van der Waals surface area contributed by atoms with E-state index in [2.05, 4.69) is 16.3 Å². The maximum absolute atomic E-state index is 13.4. The van der Waals surface area contributed by atoms with Crippen LogP contribution in [0.4, 0.5) is 5.82 Å². The molecule has 9 nitrogen and oxygen atoms in total. The molecule has 0 radical (unpaired) electrons. The third-order valence-electron chi connectivity index (χ3n) is 7.17. The number of carbonyl (C=O) groups excluding carboxylic acids is 1. The molecule has 0 aliphatic carbocycles. The number of rotatable bonds is 9. The van der Waals surface area contributed by atoms with E-state index in [0.717, 1.165) is 40.8 Å². The van der Waals surface area contributed by atoms with Crippen LogP contribution >= 0.6 is 0 Å². The first-order valence-electron chi connectivity index (χ1n) is 13.8. The van der Waals surface area contributed by atoms with Crippen LogP contribution in [0.25, 0.3) is 22.2 Å². The molecule has 41 heavy (non-hydrogen) atoms. The number of fused-ring (bicyclic) bond motifs is 1. The highest BCUT2D eigenvalue weighted by Crippen LogP contribution is 2.33. The monoisotopic (exact) mass is 550 g/mol. The number of hydrogen-bond donors (Lipinski definition) is 2. The second-order valence-corrected chi connectivity index (χ2v) is 10.6. The number of aromatic nitrogens is 3. The number of nitrogen functional groups attached to an aromatic ring is 1. The zero-order valence-corrected chi connectivity index (χ0v) is 23.6. The van der Waals surface area contributed by atoms with Crippen molar-refractivity contribution in [2.24, 2.45) is 0 Å². The number of pyridine rings is 1. The van der Waals surface area contributed by atoms with Crippen molar-refractivity contribution in [2.45, 2.75) is 51.7 Å². The predicted molar refractivity (Wildman–Crippen MR) is 158 cm³/mol. The molecule has 2 aromatic heterocycles. The van der Waals surface area contributed by atoms with Gasteiger partial charge in [-0.2, -0.15) is 10.4 Å². The van der Waals surface area contributed by atoms with E-state index in [1.807, 2.05) is 81.4 Å². The van der Waals surface area contributed by atoms with E-state index in [1.165, 1.54) is 0 Å². The van der Waals surface area contributed by atoms with E-state index in [4.69, 9.17) is 20.2 Å². The fourth-order valence-corrected chi connectivity index (χ4v) is 5.36. The summed E-state index contributed by atoms with van der Waals surface area (Å²) in [5.41, 5.74) is 8.79. The summed E-state index contributed by atoms with van der Waals surface area (Å²) < 4.78 is 11.6. The van der Waals surface area contributed by atoms with E-state index in [0.29, 0.717) is 36.8 Å². The molecule has 5 rings (SSSR count). The molecule has 4 aromatic rings. The first kappa shape index (κ1) is 27.9. The summed E-state index contributed by atoms with van der Waals surface area (Å²) in [6.45, 7) is 6.66. The number of nitriles is 1. The fraction of sp³-hybridized carbons (Fsp3) is 0.312. The van der Waals surface area contributed by atoms with Crippen molar-refractivity contribution in [1.29, 1.82) is 5.26 Å². The number of likely N-dealkylation sites (tertiary alicyclic amines) is 1. The number of ether oxygens (including phenoxy) is 2. The van der Waals surface area contributed by atoms with Gasteiger partial charge < -0.3 is 20.1 Å². The first-order chi connectivity index (χ1) is 19.8. The van der Waals surface area contributed by atoms with Crippen molar-refractivity contribution in [3.63, 3.8) is 0 Å². The largest absolute Gasteiger partial charge is 0.457 e. The number of benzene rings is 2. The number of nitrogens with zero attached hydrogens (tertiary/aromatic N) is 4. The smallest absolute Gasteiger partial charge is 0.264 e. The molecule has 0 spiro atoms. The van der Waals surface area contributed by atoms with E-state index >= 15 is 0 Å². The Morgan fingerprint density at radius 2 is 1.93 bits per heavy atom. The highest BCUT2D eigenvalue weighted by atomic mass is 16.5. The van der Waals surface area contributed by atoms with Gasteiger partial charge in [-0.3, -0.25) is 14.9 Å². The Morgan fingerprint density at radius 3 is 2.63 bits per heavy atom. The second kappa shape index (κ2) is 11.8. The number of carbonyl (C=O) groups is 1. The second-order valence-electron chi connectivity index (χ2n) is 10.6. The third-order valence-corrected chi connectivity index (χ3v) is 7.17. The number of H-pyrrole nitrogens is 1. The summed E-state index contributed by atoms with van der Waals surface area (Å²) in [6.07, 6.45) is 3.84. The minimum absolute atomic E-state index is 0.0887. The molecule has 2 aromatic carbocycles. The van der Waals surface area contributed by atoms with Gasteiger partial charge in [-0.1, -0.05) is 18.2 Å². The SMILES string of the molecule is CCOC(C)(C)/C=C(/C#N)C(=O)N1CCC[C@@H]1Cc1cc2[nH]nc(N)c2c(-c2ccc(Oc3ccccc3)cc2)n1. The van der Waals surface area contributed by atoms with Crippen LogP contribution in [0.5, 0.6) is 11.5 Å². The third kappa shape index (κ3) is 6.23. The predicted octanol–water partition coefficient (Wildman–Crippen LogP) is 5.80. The zero-order valence-electron chi connectivity index (χ0n) is 23.6. The number of aromatic amines is 1. The molecule has 3 heterocycles. The van der Waals surface area contributed by atoms with Crippen LogP contribution in [0.15, 0.2) is 72.3 Å². The van der Waals surface area contributed by atoms with Crippen molar-refractivity contribution >= 4 is 22.6 Å². The topological polar surface area (TPSA) is 130 Å². The van der Waals surface area contributed by atoms with Gasteiger partial charge in [0.15, 0.2) is 5.82 Å². The Labute approximate surface area is 239 Å². The van der Waals surface area contributed by atoms with Crippen LogP contribution in [0, 0.1) is 11.3 Å². The molecule has 1 aliphatic rings. The fourth-order valence-electron chi connectivity index (χ4n) is 5.36. The standard InChI is InChI=1S/C32H34N6O3/c1-4-40-32(2,3)19-22(20-33)31(39)38-16-8-9-24(38)17-23-18-27-28(30(34)37-36-27)29(35-23)21-12-14-26(15-13-21)41-25-10-6-5-7-11-25/h5-7,10-15,18-19,24H,4,8-9,16-17H2,1-3H3,(H3,34,36,37)/b22-19-/t24-/m1/s1. The van der Waals surface area contributed by atoms with Crippen LogP contribution in [-0.4, -0.2) is 50.8 Å². The Hall–Kier alpha value is -4.68. The van der Waals surface area contributed by atoms with Crippen molar-refractivity contribution in [3.8, 4) is 28.8 Å². The van der Waals surface area contributed by atoms with Crippen molar-refractivity contribution in [3.05, 3.63) is 78.0 Å². The first-order valence-corrected chi connectivity index (χ1v) is 13.8. The summed E-state index contributed by atoms with van der Waals surface area (Å²) in [6, 6.07) is 21.2. The lowest BCUT2D eigenvalue weighted by Gasteiger charge is -2.26. The van der Waals surface area contributed by atoms with Crippen LogP contribution < -0.4 is 10.5 Å². The Morgan fingerprint density at radius 1 is 1.20 bits per heavy atom. The molecule has 0 unspecified atom stereocenters. The lowest BCUT2D eigenvalue weighted by Crippen LogP contribution is -2.38. The van der Waals surface area contributed by atoms with E-state index in [9.17, 15) is 10.1 Å². The molecule has 1 amide bonds. The molecule has 0 bridgehead atoms. The maximum Gasteiger partial charge on any atom is 0.264 e. The van der Waals surface area contributed by atoms with Gasteiger partial charge in [0.1, 0.15) is 23.1 Å². The van der Waals surface area contributed by atoms with Gasteiger partial charge in [-0.15, -0.1) is 0 Å². The van der Waals surface area contributed by atoms with Crippen LogP contribution in [0.1, 0.15) is 39.3 Å². The van der Waals surface area contributed by atoms with Crippen molar-refractivity contribution < 1.29 is 14.3 Å². The minimum Gasteiger partial charge on any atom is -0.457 e. The quantitative estimate of drug-likeness (QED) is 0.199. The lowest BCUT2D eigenvalue weighted by atomic mass is 10.0.